The molecule has 94 valence electrons. The number of benzene rings is 1. The van der Waals surface area contributed by atoms with Crippen molar-refractivity contribution in [2.75, 3.05) is 14.2 Å². The van der Waals surface area contributed by atoms with E-state index in [4.69, 9.17) is 14.6 Å². The summed E-state index contributed by atoms with van der Waals surface area (Å²) in [6, 6.07) is 5.18. The Morgan fingerprint density at radius 2 is 1.94 bits per heavy atom. The van der Waals surface area contributed by atoms with Gasteiger partial charge in [-0.2, -0.15) is 0 Å². The number of nitrogens with zero attached hydrogens (tertiary/aromatic N) is 1. The van der Waals surface area contributed by atoms with Gasteiger partial charge in [0.05, 0.1) is 26.2 Å². The molecule has 5 nitrogen and oxygen atoms in total. The third-order valence-corrected chi connectivity index (χ3v) is 2.68. The van der Waals surface area contributed by atoms with Crippen LogP contribution in [-0.4, -0.2) is 30.3 Å². The lowest BCUT2D eigenvalue weighted by Gasteiger charge is -2.10. The number of carboxylic acid groups (broad SMARTS) is 1. The van der Waals surface area contributed by atoms with Crippen LogP contribution in [0.5, 0.6) is 11.5 Å². The van der Waals surface area contributed by atoms with Crippen LogP contribution in [0.15, 0.2) is 24.4 Å². The highest BCUT2D eigenvalue weighted by atomic mass is 16.5. The van der Waals surface area contributed by atoms with Crippen LogP contribution in [0.2, 0.25) is 0 Å². The van der Waals surface area contributed by atoms with Gasteiger partial charge in [-0.1, -0.05) is 0 Å². The van der Waals surface area contributed by atoms with Gasteiger partial charge in [0.2, 0.25) is 0 Å². The number of ether oxygens (including phenoxy) is 2. The Labute approximate surface area is 104 Å². The summed E-state index contributed by atoms with van der Waals surface area (Å²) in [6.45, 7) is 0. The van der Waals surface area contributed by atoms with Gasteiger partial charge in [-0.15, -0.1) is 0 Å². The first kappa shape index (κ1) is 12.2. The van der Waals surface area contributed by atoms with Gasteiger partial charge < -0.3 is 14.6 Å². The molecule has 0 saturated carbocycles. The Balaban J connectivity index is 2.64. The number of fused-ring (bicyclic) bond motifs is 1. The molecule has 18 heavy (non-hydrogen) atoms. The SMILES string of the molecule is COc1cc2nccc(CC(=O)O)c2cc1OC. The fourth-order valence-electron chi connectivity index (χ4n) is 1.85. The topological polar surface area (TPSA) is 68.7 Å². The van der Waals surface area contributed by atoms with Crippen molar-refractivity contribution < 1.29 is 19.4 Å². The van der Waals surface area contributed by atoms with Crippen molar-refractivity contribution in [2.45, 2.75) is 6.42 Å². The summed E-state index contributed by atoms with van der Waals surface area (Å²) < 4.78 is 10.4. The highest BCUT2D eigenvalue weighted by molar-refractivity contribution is 5.88. The molecular formula is C13H13NO4. The van der Waals surface area contributed by atoms with E-state index in [0.717, 1.165) is 5.39 Å². The Morgan fingerprint density at radius 1 is 1.28 bits per heavy atom. The number of carboxylic acids is 1. The van der Waals surface area contributed by atoms with Crippen molar-refractivity contribution in [3.8, 4) is 11.5 Å². The van der Waals surface area contributed by atoms with Crippen LogP contribution < -0.4 is 9.47 Å². The van der Waals surface area contributed by atoms with Gasteiger partial charge in [0.1, 0.15) is 0 Å². The van der Waals surface area contributed by atoms with Crippen molar-refractivity contribution in [3.63, 3.8) is 0 Å². The summed E-state index contributed by atoms with van der Waals surface area (Å²) in [5.41, 5.74) is 1.39. The Kier molecular flexibility index (Phi) is 3.32. The van der Waals surface area contributed by atoms with Gasteiger partial charge in [-0.25, -0.2) is 0 Å². The number of hydrogen-bond acceptors (Lipinski definition) is 4. The number of aliphatic carboxylic acids is 1. The number of hydrogen-bond donors (Lipinski definition) is 1. The summed E-state index contributed by atoms with van der Waals surface area (Å²) in [6.07, 6.45) is 1.54. The minimum atomic E-state index is -0.878. The van der Waals surface area contributed by atoms with Crippen LogP contribution in [0.1, 0.15) is 5.56 Å². The van der Waals surface area contributed by atoms with Crippen LogP contribution >= 0.6 is 0 Å². The molecule has 1 heterocycles. The fraction of sp³-hybridized carbons (Fsp3) is 0.231. The maximum Gasteiger partial charge on any atom is 0.307 e. The Morgan fingerprint density at radius 3 is 2.56 bits per heavy atom. The van der Waals surface area contributed by atoms with Crippen molar-refractivity contribution in [2.24, 2.45) is 0 Å². The molecule has 2 aromatic rings. The van der Waals surface area contributed by atoms with Crippen molar-refractivity contribution >= 4 is 16.9 Å². The van der Waals surface area contributed by atoms with Crippen LogP contribution in [-0.2, 0) is 11.2 Å². The standard InChI is InChI=1S/C13H13NO4/c1-17-11-6-9-8(5-13(15)16)3-4-14-10(9)7-12(11)18-2/h3-4,6-7H,5H2,1-2H3,(H,15,16). The summed E-state index contributed by atoms with van der Waals surface area (Å²) in [5, 5.41) is 9.64. The number of pyridine rings is 1. The highest BCUT2D eigenvalue weighted by Crippen LogP contribution is 2.32. The molecule has 1 aromatic heterocycles. The molecule has 1 N–H and O–H groups in total. The molecule has 0 radical (unpaired) electrons. The molecule has 0 atom stereocenters. The van der Waals surface area contributed by atoms with E-state index in [1.807, 2.05) is 0 Å². The normalized spacial score (nSPS) is 10.3. The summed E-state index contributed by atoms with van der Waals surface area (Å²) in [7, 11) is 3.09. The minimum absolute atomic E-state index is 0.0471. The van der Waals surface area contributed by atoms with Gasteiger partial charge >= 0.3 is 5.97 Å². The van der Waals surface area contributed by atoms with Gasteiger partial charge in [-0.05, 0) is 17.7 Å². The first-order valence-corrected chi connectivity index (χ1v) is 5.37. The van der Waals surface area contributed by atoms with E-state index in [0.29, 0.717) is 22.6 Å². The van der Waals surface area contributed by atoms with E-state index in [1.54, 1.807) is 31.5 Å². The average Bonchev–Trinajstić information content (AvgIpc) is 2.37. The molecule has 0 fully saturated rings. The van der Waals surface area contributed by atoms with Gasteiger partial charge in [0.15, 0.2) is 11.5 Å². The predicted octanol–water partition coefficient (Wildman–Crippen LogP) is 1.88. The second-order valence-electron chi connectivity index (χ2n) is 3.76. The Hall–Kier alpha value is -2.30. The van der Waals surface area contributed by atoms with Crippen molar-refractivity contribution in [1.82, 2.24) is 4.98 Å². The van der Waals surface area contributed by atoms with E-state index in [1.165, 1.54) is 7.11 Å². The first-order chi connectivity index (χ1) is 8.65. The fourth-order valence-corrected chi connectivity index (χ4v) is 1.85. The van der Waals surface area contributed by atoms with Gasteiger partial charge in [-0.3, -0.25) is 9.78 Å². The molecule has 0 aliphatic carbocycles. The smallest absolute Gasteiger partial charge is 0.307 e. The van der Waals surface area contributed by atoms with Crippen LogP contribution in [0.3, 0.4) is 0 Å². The van der Waals surface area contributed by atoms with Gasteiger partial charge in [0, 0.05) is 17.6 Å². The zero-order valence-corrected chi connectivity index (χ0v) is 10.1. The van der Waals surface area contributed by atoms with E-state index in [9.17, 15) is 4.79 Å². The minimum Gasteiger partial charge on any atom is -0.493 e. The summed E-state index contributed by atoms with van der Waals surface area (Å²) in [5.74, 6) is 0.256. The number of methoxy groups -OCH3 is 2. The molecule has 0 amide bonds. The lowest BCUT2D eigenvalue weighted by molar-refractivity contribution is -0.136. The van der Waals surface area contributed by atoms with E-state index in [-0.39, 0.29) is 6.42 Å². The molecule has 0 bridgehead atoms. The van der Waals surface area contributed by atoms with Crippen molar-refractivity contribution in [1.29, 1.82) is 0 Å². The predicted molar refractivity (Wildman–Crippen MR) is 66.2 cm³/mol. The molecular weight excluding hydrogens is 234 g/mol. The van der Waals surface area contributed by atoms with Gasteiger partial charge in [0.25, 0.3) is 0 Å². The third-order valence-electron chi connectivity index (χ3n) is 2.68. The molecule has 0 aliphatic heterocycles. The number of rotatable bonds is 4. The second-order valence-corrected chi connectivity index (χ2v) is 3.76. The number of carbonyl (C=O) groups is 1. The molecule has 1 aromatic carbocycles. The lowest BCUT2D eigenvalue weighted by Crippen LogP contribution is -2.01. The molecule has 0 spiro atoms. The summed E-state index contributed by atoms with van der Waals surface area (Å²) in [4.78, 5) is 15.0. The largest absolute Gasteiger partial charge is 0.493 e. The van der Waals surface area contributed by atoms with Crippen LogP contribution in [0, 0.1) is 0 Å². The first-order valence-electron chi connectivity index (χ1n) is 5.37. The summed E-state index contributed by atoms with van der Waals surface area (Å²) >= 11 is 0. The second kappa shape index (κ2) is 4.91. The van der Waals surface area contributed by atoms with E-state index in [2.05, 4.69) is 4.98 Å². The zero-order valence-electron chi connectivity index (χ0n) is 10.1. The molecule has 0 aliphatic rings. The van der Waals surface area contributed by atoms with Crippen LogP contribution in [0.4, 0.5) is 0 Å². The number of aromatic nitrogens is 1. The molecule has 0 unspecified atom stereocenters. The zero-order chi connectivity index (χ0) is 13.1. The maximum atomic E-state index is 10.8. The van der Waals surface area contributed by atoms with Crippen LogP contribution in [0.25, 0.3) is 10.9 Å². The van der Waals surface area contributed by atoms with Crippen molar-refractivity contribution in [3.05, 3.63) is 30.0 Å². The maximum absolute atomic E-state index is 10.8. The van der Waals surface area contributed by atoms with E-state index >= 15 is 0 Å². The lowest BCUT2D eigenvalue weighted by atomic mass is 10.1. The highest BCUT2D eigenvalue weighted by Gasteiger charge is 2.11. The molecule has 0 saturated heterocycles. The average molecular weight is 247 g/mol. The monoisotopic (exact) mass is 247 g/mol. The Bertz CT molecular complexity index is 595. The molecule has 5 heteroatoms. The molecule has 2 rings (SSSR count). The quantitative estimate of drug-likeness (QED) is 0.893. The van der Waals surface area contributed by atoms with E-state index < -0.39 is 5.97 Å². The third kappa shape index (κ3) is 2.20.